The molecule has 7 heteroatoms. The number of nitrogens with zero attached hydrogens (tertiary/aromatic N) is 1. The van der Waals surface area contributed by atoms with Crippen molar-refractivity contribution in [2.45, 2.75) is 50.8 Å². The second-order valence-corrected chi connectivity index (χ2v) is 7.51. The van der Waals surface area contributed by atoms with E-state index < -0.39 is 5.97 Å². The lowest BCUT2D eigenvalue weighted by Crippen LogP contribution is -2.42. The molecule has 0 aliphatic carbocycles. The molecule has 3 atom stereocenters. The molecule has 1 aromatic heterocycles. The average Bonchev–Trinajstić information content (AvgIpc) is 3.10. The van der Waals surface area contributed by atoms with Crippen molar-refractivity contribution in [1.29, 1.82) is 0 Å². The van der Waals surface area contributed by atoms with Crippen molar-refractivity contribution in [3.8, 4) is 11.3 Å². The summed E-state index contributed by atoms with van der Waals surface area (Å²) in [7, 11) is 0. The summed E-state index contributed by atoms with van der Waals surface area (Å²) in [4.78, 5) is 12.8. The van der Waals surface area contributed by atoms with Crippen LogP contribution >= 0.6 is 23.2 Å². The molecule has 2 bridgehead atoms. The van der Waals surface area contributed by atoms with Crippen molar-refractivity contribution >= 4 is 29.2 Å². The number of aryl methyl sites for hydroxylation is 1. The van der Waals surface area contributed by atoms with Crippen LogP contribution in [-0.4, -0.2) is 29.3 Å². The molecule has 1 N–H and O–H groups in total. The van der Waals surface area contributed by atoms with Gasteiger partial charge in [0.1, 0.15) is 23.1 Å². The lowest BCUT2D eigenvalue weighted by atomic mass is 10.0. The fraction of sp³-hybridized carbons (Fsp3) is 0.444. The van der Waals surface area contributed by atoms with Crippen LogP contribution in [0.15, 0.2) is 22.7 Å². The van der Waals surface area contributed by atoms with Gasteiger partial charge >= 0.3 is 5.97 Å². The highest BCUT2D eigenvalue weighted by Gasteiger charge is 2.36. The average molecular weight is 381 g/mol. The number of rotatable bonds is 3. The molecule has 2 saturated heterocycles. The number of halogens is 2. The number of piperidine rings is 1. The molecule has 132 valence electrons. The van der Waals surface area contributed by atoms with Crippen LogP contribution in [0.2, 0.25) is 10.0 Å². The summed E-state index contributed by atoms with van der Waals surface area (Å²) in [6.45, 7) is 1.68. The summed E-state index contributed by atoms with van der Waals surface area (Å²) >= 11 is 12.5. The maximum Gasteiger partial charge on any atom is 0.344 e. The standard InChI is InChI=1S/C18H18Cl2N2O3/c1-9-15(17(22-25-9)16-13(19)3-2-4-14(16)20)18(23)24-12-7-10-5-6-11(8-12)21-10/h2-4,10-12,21H,5-8H2,1H3/t10-,11?,12?/m0/s1. The third kappa shape index (κ3) is 3.16. The minimum Gasteiger partial charge on any atom is -0.459 e. The van der Waals surface area contributed by atoms with Crippen molar-refractivity contribution in [2.75, 3.05) is 0 Å². The van der Waals surface area contributed by atoms with E-state index in [0.717, 1.165) is 25.7 Å². The molecule has 3 heterocycles. The number of benzene rings is 1. The van der Waals surface area contributed by atoms with E-state index in [9.17, 15) is 4.79 Å². The van der Waals surface area contributed by atoms with Crippen LogP contribution in [0.3, 0.4) is 0 Å². The van der Waals surface area contributed by atoms with Crippen LogP contribution in [0, 0.1) is 6.92 Å². The van der Waals surface area contributed by atoms with Crippen LogP contribution < -0.4 is 5.32 Å². The zero-order valence-electron chi connectivity index (χ0n) is 13.7. The zero-order chi connectivity index (χ0) is 17.6. The second kappa shape index (κ2) is 6.63. The van der Waals surface area contributed by atoms with Gasteiger partial charge < -0.3 is 14.6 Å². The Morgan fingerprint density at radius 1 is 1.24 bits per heavy atom. The summed E-state index contributed by atoms with van der Waals surface area (Å²) in [6, 6.07) is 6.03. The number of aromatic nitrogens is 1. The van der Waals surface area contributed by atoms with Gasteiger partial charge in [-0.3, -0.25) is 0 Å². The molecule has 2 aromatic rings. The Balaban J connectivity index is 1.62. The normalized spacial score (nSPS) is 25.2. The molecule has 4 rings (SSSR count). The quantitative estimate of drug-likeness (QED) is 0.799. The SMILES string of the molecule is Cc1onc(-c2c(Cl)cccc2Cl)c1C(=O)OC1CC2CC[C@@H](C1)N2. The molecular weight excluding hydrogens is 363 g/mol. The molecule has 2 unspecified atom stereocenters. The first-order valence-electron chi connectivity index (χ1n) is 8.40. The Bertz CT molecular complexity index is 788. The van der Waals surface area contributed by atoms with Gasteiger partial charge in [-0.1, -0.05) is 34.4 Å². The summed E-state index contributed by atoms with van der Waals surface area (Å²) < 4.78 is 11.0. The first-order valence-corrected chi connectivity index (χ1v) is 9.16. The van der Waals surface area contributed by atoms with Gasteiger partial charge in [-0.15, -0.1) is 0 Å². The second-order valence-electron chi connectivity index (χ2n) is 6.70. The highest BCUT2D eigenvalue weighted by Crippen LogP contribution is 2.37. The fourth-order valence-corrected chi connectivity index (χ4v) is 4.40. The molecule has 1 aromatic carbocycles. The molecule has 0 spiro atoms. The number of hydrogen-bond acceptors (Lipinski definition) is 5. The Morgan fingerprint density at radius 3 is 2.52 bits per heavy atom. The van der Waals surface area contributed by atoms with E-state index >= 15 is 0 Å². The largest absolute Gasteiger partial charge is 0.459 e. The van der Waals surface area contributed by atoms with Gasteiger partial charge in [0.25, 0.3) is 0 Å². The molecule has 2 aliphatic heterocycles. The van der Waals surface area contributed by atoms with Gasteiger partial charge in [-0.25, -0.2) is 4.79 Å². The van der Waals surface area contributed by atoms with E-state index in [1.165, 1.54) is 0 Å². The molecule has 0 radical (unpaired) electrons. The summed E-state index contributed by atoms with van der Waals surface area (Å²) in [5.41, 5.74) is 1.11. The Hall–Kier alpha value is -1.56. The Kier molecular flexibility index (Phi) is 4.48. The number of carbonyl (C=O) groups excluding carboxylic acids is 1. The van der Waals surface area contributed by atoms with Gasteiger partial charge in [0.05, 0.1) is 10.0 Å². The van der Waals surface area contributed by atoms with E-state index in [-0.39, 0.29) is 6.10 Å². The molecule has 0 saturated carbocycles. The van der Waals surface area contributed by atoms with Crippen LogP contribution in [0.4, 0.5) is 0 Å². The number of ether oxygens (including phenoxy) is 1. The van der Waals surface area contributed by atoms with Crippen LogP contribution in [0.5, 0.6) is 0 Å². The predicted molar refractivity (Wildman–Crippen MR) is 95.1 cm³/mol. The van der Waals surface area contributed by atoms with E-state index in [1.807, 2.05) is 0 Å². The highest BCUT2D eigenvalue weighted by atomic mass is 35.5. The van der Waals surface area contributed by atoms with E-state index in [2.05, 4.69) is 10.5 Å². The maximum absolute atomic E-state index is 12.8. The van der Waals surface area contributed by atoms with Crippen LogP contribution in [0.1, 0.15) is 41.8 Å². The fourth-order valence-electron chi connectivity index (χ4n) is 3.82. The van der Waals surface area contributed by atoms with Crippen molar-refractivity contribution in [3.05, 3.63) is 39.6 Å². The third-order valence-corrected chi connectivity index (χ3v) is 5.60. The predicted octanol–water partition coefficient (Wildman–Crippen LogP) is 4.40. The van der Waals surface area contributed by atoms with Gasteiger partial charge in [0.15, 0.2) is 0 Å². The molecule has 2 fully saturated rings. The summed E-state index contributed by atoms with van der Waals surface area (Å²) in [5, 5.41) is 8.37. The number of carbonyl (C=O) groups is 1. The number of hydrogen-bond donors (Lipinski definition) is 1. The van der Waals surface area contributed by atoms with Gasteiger partial charge in [-0.2, -0.15) is 0 Å². The van der Waals surface area contributed by atoms with Crippen molar-refractivity contribution in [2.24, 2.45) is 0 Å². The van der Waals surface area contributed by atoms with Crippen molar-refractivity contribution in [1.82, 2.24) is 10.5 Å². The van der Waals surface area contributed by atoms with E-state index in [4.69, 9.17) is 32.5 Å². The molecular formula is C18H18Cl2N2O3. The zero-order valence-corrected chi connectivity index (χ0v) is 15.2. The summed E-state index contributed by atoms with van der Waals surface area (Å²) in [6.07, 6.45) is 3.88. The van der Waals surface area contributed by atoms with Gasteiger partial charge in [0.2, 0.25) is 0 Å². The molecule has 2 aliphatic rings. The summed E-state index contributed by atoms with van der Waals surface area (Å²) in [5.74, 6) is -0.0380. The molecule has 0 amide bonds. The third-order valence-electron chi connectivity index (χ3n) is 4.97. The first-order chi connectivity index (χ1) is 12.0. The highest BCUT2D eigenvalue weighted by molar-refractivity contribution is 6.39. The number of esters is 1. The van der Waals surface area contributed by atoms with E-state index in [0.29, 0.717) is 44.7 Å². The lowest BCUT2D eigenvalue weighted by molar-refractivity contribution is 0.0176. The van der Waals surface area contributed by atoms with E-state index in [1.54, 1.807) is 25.1 Å². The Labute approximate surface area is 155 Å². The first kappa shape index (κ1) is 16.9. The van der Waals surface area contributed by atoms with Gasteiger partial charge in [0, 0.05) is 17.6 Å². The topological polar surface area (TPSA) is 64.4 Å². The molecule has 25 heavy (non-hydrogen) atoms. The van der Waals surface area contributed by atoms with Crippen molar-refractivity contribution < 1.29 is 14.1 Å². The minimum absolute atomic E-state index is 0.0879. The smallest absolute Gasteiger partial charge is 0.344 e. The minimum atomic E-state index is -0.434. The monoisotopic (exact) mass is 380 g/mol. The van der Waals surface area contributed by atoms with Crippen LogP contribution in [0.25, 0.3) is 11.3 Å². The lowest BCUT2D eigenvalue weighted by Gasteiger charge is -2.28. The maximum atomic E-state index is 12.8. The van der Waals surface area contributed by atoms with Crippen molar-refractivity contribution in [3.63, 3.8) is 0 Å². The van der Waals surface area contributed by atoms with Crippen LogP contribution in [-0.2, 0) is 4.74 Å². The van der Waals surface area contributed by atoms with Gasteiger partial charge in [-0.05, 0) is 44.7 Å². The number of fused-ring (bicyclic) bond motifs is 2. The molecule has 5 nitrogen and oxygen atoms in total. The Morgan fingerprint density at radius 2 is 1.88 bits per heavy atom. The number of nitrogens with one attached hydrogen (secondary N) is 1.